The van der Waals surface area contributed by atoms with Gasteiger partial charge in [-0.15, -0.1) is 0 Å². The molecule has 0 aromatic carbocycles. The maximum absolute atomic E-state index is 8.00. The summed E-state index contributed by atoms with van der Waals surface area (Å²) in [7, 11) is 2.50. The molecular weight excluding hydrogens is 82.0 g/mol. The lowest BCUT2D eigenvalue weighted by Crippen LogP contribution is -1.69. The molecule has 0 aliphatic heterocycles. The summed E-state index contributed by atoms with van der Waals surface area (Å²) in [5.74, 6) is 0. The number of carbonyl (C=O) groups is 1. The Kier molecular flexibility index (Phi) is 1030. The predicted molar refractivity (Wildman–Crippen MR) is 25.4 cm³/mol. The van der Waals surface area contributed by atoms with Gasteiger partial charge >= 0.3 is 0 Å². The fourth-order valence-electron chi connectivity index (χ4n) is 0. The van der Waals surface area contributed by atoms with E-state index in [1.807, 2.05) is 6.79 Å². The van der Waals surface area contributed by atoms with Crippen LogP contribution in [0.3, 0.4) is 0 Å². The highest BCUT2D eigenvalue weighted by Crippen LogP contribution is 0.755. The van der Waals surface area contributed by atoms with Gasteiger partial charge in [-0.05, 0) is 7.05 Å². The Bertz CT molecular complexity index is 8.75. The molecule has 0 saturated heterocycles. The third kappa shape index (κ3) is 143. The van der Waals surface area contributed by atoms with Crippen LogP contribution < -0.4 is 5.73 Å². The van der Waals surface area contributed by atoms with E-state index in [4.69, 9.17) is 9.90 Å². The Morgan fingerprint density at radius 3 is 1.33 bits per heavy atom. The van der Waals surface area contributed by atoms with Gasteiger partial charge in [-0.3, -0.25) is 0 Å². The molecule has 40 valence electrons. The Balaban J connectivity index is -0.0000000225. The minimum Gasteiger partial charge on any atom is -0.400 e. The van der Waals surface area contributed by atoms with Crippen LogP contribution in [0.5, 0.6) is 0 Å². The van der Waals surface area contributed by atoms with Crippen LogP contribution in [0.1, 0.15) is 0 Å². The van der Waals surface area contributed by atoms with E-state index < -0.39 is 0 Å². The maximum atomic E-state index is 8.00. The molecule has 0 aliphatic carbocycles. The summed E-state index contributed by atoms with van der Waals surface area (Å²) in [6.07, 6.45) is 0. The molecule has 0 radical (unpaired) electrons. The Hall–Kier alpha value is -0.410. The summed E-state index contributed by atoms with van der Waals surface area (Å²) in [5.41, 5.74) is 4.50. The van der Waals surface area contributed by atoms with Gasteiger partial charge in [0, 0.05) is 7.11 Å². The predicted octanol–water partition coefficient (Wildman–Crippen LogP) is -1.00. The summed E-state index contributed by atoms with van der Waals surface area (Å²) in [6, 6.07) is 0. The van der Waals surface area contributed by atoms with Crippen molar-refractivity contribution in [3.05, 3.63) is 0 Å². The van der Waals surface area contributed by atoms with Crippen molar-refractivity contribution in [2.75, 3.05) is 14.2 Å². The molecule has 3 nitrogen and oxygen atoms in total. The lowest BCUT2D eigenvalue weighted by Gasteiger charge is -1.21. The Labute approximate surface area is 37.8 Å². The summed E-state index contributed by atoms with van der Waals surface area (Å²) in [6.45, 7) is 2.00. The first kappa shape index (κ1) is 17.6. The highest BCUT2D eigenvalue weighted by Gasteiger charge is 0.840. The molecule has 0 heterocycles. The van der Waals surface area contributed by atoms with Crippen molar-refractivity contribution >= 4 is 6.79 Å². The van der Waals surface area contributed by atoms with Gasteiger partial charge in [-0.2, -0.15) is 0 Å². The van der Waals surface area contributed by atoms with E-state index in [1.54, 1.807) is 0 Å². The minimum absolute atomic E-state index is 1.00. The van der Waals surface area contributed by atoms with Crippen molar-refractivity contribution in [3.8, 4) is 0 Å². The maximum Gasteiger partial charge on any atom is 0.106 e. The van der Waals surface area contributed by atoms with E-state index in [0.29, 0.717) is 0 Å². The van der Waals surface area contributed by atoms with Crippen LogP contribution in [-0.2, 0) is 4.79 Å². The van der Waals surface area contributed by atoms with Crippen LogP contribution in [0.25, 0.3) is 0 Å². The van der Waals surface area contributed by atoms with Gasteiger partial charge in [0.25, 0.3) is 0 Å². The first-order valence-corrected chi connectivity index (χ1v) is 1.31. The first-order chi connectivity index (χ1) is 3.00. The van der Waals surface area contributed by atoms with Crippen molar-refractivity contribution in [3.63, 3.8) is 0 Å². The normalized spacial score (nSPS) is 2.67. The van der Waals surface area contributed by atoms with Gasteiger partial charge in [0.15, 0.2) is 0 Å². The topological polar surface area (TPSA) is 63.3 Å². The lowest BCUT2D eigenvalue weighted by atomic mass is 11.6. The second kappa shape index (κ2) is 352. The van der Waals surface area contributed by atoms with Crippen molar-refractivity contribution in [2.24, 2.45) is 5.73 Å². The number of nitrogens with two attached hydrogens (primary N) is 1. The van der Waals surface area contributed by atoms with E-state index in [9.17, 15) is 0 Å². The molecule has 0 aliphatic rings. The Morgan fingerprint density at radius 2 is 1.33 bits per heavy atom. The molecule has 0 saturated carbocycles. The van der Waals surface area contributed by atoms with E-state index in [-0.39, 0.29) is 0 Å². The molecule has 0 unspecified atom stereocenters. The molecular formula is C3H11NO2. The molecule has 0 spiro atoms. The van der Waals surface area contributed by atoms with E-state index in [2.05, 4.69) is 5.73 Å². The molecule has 0 aromatic heterocycles. The third-order valence-electron chi connectivity index (χ3n) is 0. The second-order valence-corrected chi connectivity index (χ2v) is 0. The van der Waals surface area contributed by atoms with E-state index in [0.717, 1.165) is 7.11 Å². The largest absolute Gasteiger partial charge is 0.400 e. The quantitative estimate of drug-likeness (QED) is 0.403. The van der Waals surface area contributed by atoms with E-state index in [1.165, 1.54) is 7.05 Å². The summed E-state index contributed by atoms with van der Waals surface area (Å²) in [5, 5.41) is 7.00. The zero-order valence-electron chi connectivity index (χ0n) is 4.14. The van der Waals surface area contributed by atoms with Gasteiger partial charge in [0.2, 0.25) is 0 Å². The first-order valence-electron chi connectivity index (χ1n) is 1.31. The number of aliphatic hydroxyl groups excluding tert-OH is 1. The molecule has 0 amide bonds. The van der Waals surface area contributed by atoms with Gasteiger partial charge in [-0.25, -0.2) is 0 Å². The smallest absolute Gasteiger partial charge is 0.106 e. The molecule has 0 atom stereocenters. The lowest BCUT2D eigenvalue weighted by molar-refractivity contribution is -0.0979. The van der Waals surface area contributed by atoms with Gasteiger partial charge in [0.05, 0.1) is 0 Å². The van der Waals surface area contributed by atoms with Crippen LogP contribution in [0.15, 0.2) is 0 Å². The molecule has 0 rings (SSSR count). The van der Waals surface area contributed by atoms with Crippen molar-refractivity contribution < 1.29 is 9.90 Å². The fraction of sp³-hybridized carbons (Fsp3) is 0.667. The van der Waals surface area contributed by atoms with Crippen molar-refractivity contribution in [2.45, 2.75) is 0 Å². The molecule has 0 aromatic rings. The highest BCUT2D eigenvalue weighted by molar-refractivity contribution is 5.10. The molecule has 3 N–H and O–H groups in total. The average molecular weight is 93.1 g/mol. The van der Waals surface area contributed by atoms with E-state index >= 15 is 0 Å². The summed E-state index contributed by atoms with van der Waals surface area (Å²) < 4.78 is 0. The zero-order valence-corrected chi connectivity index (χ0v) is 4.14. The third-order valence-corrected chi connectivity index (χ3v) is 0. The average Bonchev–Trinajstić information content (AvgIpc) is 1.81. The van der Waals surface area contributed by atoms with Crippen LogP contribution in [0, 0.1) is 0 Å². The molecule has 6 heavy (non-hydrogen) atoms. The zero-order chi connectivity index (χ0) is 6.00. The highest BCUT2D eigenvalue weighted by atomic mass is 16.2. The number of hydrogen-bond acceptors (Lipinski definition) is 3. The number of hydrogen-bond donors (Lipinski definition) is 2. The van der Waals surface area contributed by atoms with Crippen LogP contribution in [0.4, 0.5) is 0 Å². The molecule has 0 bridgehead atoms. The fourth-order valence-corrected chi connectivity index (χ4v) is 0. The van der Waals surface area contributed by atoms with Gasteiger partial charge in [0.1, 0.15) is 6.79 Å². The monoisotopic (exact) mass is 93.1 g/mol. The number of aliphatic hydroxyl groups is 1. The van der Waals surface area contributed by atoms with Crippen molar-refractivity contribution in [1.29, 1.82) is 0 Å². The molecule has 3 heteroatoms. The van der Waals surface area contributed by atoms with Crippen LogP contribution in [0.2, 0.25) is 0 Å². The standard InChI is InChI=1S/CH5N.CH4O.CH2O/c3*1-2/h2H2,1H3;2H,1H3;1H2. The van der Waals surface area contributed by atoms with Crippen molar-refractivity contribution in [1.82, 2.24) is 0 Å². The second-order valence-electron chi connectivity index (χ2n) is 0. The number of carbonyl (C=O) groups excluding carboxylic acids is 1. The SMILES string of the molecule is C=O.CN.CO. The van der Waals surface area contributed by atoms with Crippen LogP contribution in [-0.4, -0.2) is 26.1 Å². The van der Waals surface area contributed by atoms with Gasteiger partial charge < -0.3 is 15.6 Å². The summed E-state index contributed by atoms with van der Waals surface area (Å²) >= 11 is 0. The minimum atomic E-state index is 1.00. The molecule has 0 fully saturated rings. The number of rotatable bonds is 0. The summed E-state index contributed by atoms with van der Waals surface area (Å²) in [4.78, 5) is 8.00. The van der Waals surface area contributed by atoms with Crippen LogP contribution >= 0.6 is 0 Å². The van der Waals surface area contributed by atoms with Gasteiger partial charge in [-0.1, -0.05) is 0 Å². The Morgan fingerprint density at radius 1 is 1.33 bits per heavy atom.